The van der Waals surface area contributed by atoms with Gasteiger partial charge in [0.15, 0.2) is 0 Å². The van der Waals surface area contributed by atoms with Gasteiger partial charge in [0.1, 0.15) is 0 Å². The van der Waals surface area contributed by atoms with Crippen LogP contribution in [0.5, 0.6) is 0 Å². The predicted molar refractivity (Wildman–Crippen MR) is 71.5 cm³/mol. The van der Waals surface area contributed by atoms with Crippen LogP contribution in [0.25, 0.3) is 0 Å². The van der Waals surface area contributed by atoms with E-state index in [1.807, 2.05) is 0 Å². The largest absolute Gasteiger partial charge is 0.460 e. The first-order valence-corrected chi connectivity index (χ1v) is 7.93. The van der Waals surface area contributed by atoms with Crippen LogP contribution in [0.2, 0.25) is 0 Å². The van der Waals surface area contributed by atoms with Crippen molar-refractivity contribution in [2.45, 2.75) is 66.6 Å². The number of carbonyl (C=O) groups excluding carboxylic acids is 1. The second-order valence-electron chi connectivity index (χ2n) is 6.79. The standard InChI is InChI=1S/C14H5F21O2/c1-3(2)4(36)37-11(26,9(22,23)7(18,19)10(24,25)14(33,34)35)8(20,21)6(16,17)5(15,12(27,28)29)13(30,31)32/h1H2,2H3. The molecule has 0 fully saturated rings. The first-order valence-electron chi connectivity index (χ1n) is 7.93. The number of ether oxygens (including phenoxy) is 1. The van der Waals surface area contributed by atoms with Crippen molar-refractivity contribution >= 4 is 5.97 Å². The van der Waals surface area contributed by atoms with Crippen molar-refractivity contribution in [1.82, 2.24) is 0 Å². The number of halogens is 21. The van der Waals surface area contributed by atoms with E-state index in [2.05, 4.69) is 11.3 Å². The number of hydrogen-bond donors (Lipinski definition) is 0. The van der Waals surface area contributed by atoms with Crippen LogP contribution in [0.1, 0.15) is 6.92 Å². The minimum atomic E-state index is -9.21. The fourth-order valence-corrected chi connectivity index (χ4v) is 2.05. The number of hydrogen-bond acceptors (Lipinski definition) is 2. The van der Waals surface area contributed by atoms with Gasteiger partial charge in [-0.3, -0.25) is 0 Å². The van der Waals surface area contributed by atoms with Crippen LogP contribution in [-0.4, -0.2) is 65.6 Å². The third kappa shape index (κ3) is 4.42. The summed E-state index contributed by atoms with van der Waals surface area (Å²) >= 11 is 0. The highest BCUT2D eigenvalue weighted by Crippen LogP contribution is 2.67. The molecule has 1 atom stereocenters. The van der Waals surface area contributed by atoms with Crippen molar-refractivity contribution in [2.24, 2.45) is 0 Å². The van der Waals surface area contributed by atoms with E-state index in [1.54, 1.807) is 0 Å². The Morgan fingerprint density at radius 1 is 0.486 bits per heavy atom. The highest BCUT2D eigenvalue weighted by atomic mass is 19.4. The quantitative estimate of drug-likeness (QED) is 0.165. The van der Waals surface area contributed by atoms with E-state index in [9.17, 15) is 97.0 Å². The van der Waals surface area contributed by atoms with Gasteiger partial charge in [0.05, 0.1) is 0 Å². The van der Waals surface area contributed by atoms with Crippen LogP contribution in [0.15, 0.2) is 12.2 Å². The third-order valence-electron chi connectivity index (χ3n) is 4.14. The molecule has 0 aromatic heterocycles. The molecule has 0 bridgehead atoms. The summed E-state index contributed by atoms with van der Waals surface area (Å²) < 4.78 is 279. The molecule has 0 aliphatic rings. The Morgan fingerprint density at radius 2 is 0.784 bits per heavy atom. The molecule has 0 aromatic rings. The lowest BCUT2D eigenvalue weighted by Crippen LogP contribution is -2.80. The van der Waals surface area contributed by atoms with Crippen molar-refractivity contribution in [2.75, 3.05) is 0 Å². The summed E-state index contributed by atoms with van der Waals surface area (Å²) in [6.07, 6.45) is -25.0. The number of rotatable bonds is 8. The molecule has 0 amide bonds. The number of alkyl halides is 21. The molecule has 0 radical (unpaired) electrons. The van der Waals surface area contributed by atoms with Gasteiger partial charge in [0.25, 0.3) is 0 Å². The molecule has 220 valence electrons. The van der Waals surface area contributed by atoms with E-state index in [1.165, 1.54) is 0 Å². The van der Waals surface area contributed by atoms with Gasteiger partial charge in [0.2, 0.25) is 0 Å². The fourth-order valence-electron chi connectivity index (χ4n) is 2.05. The average molecular weight is 604 g/mol. The first kappa shape index (κ1) is 34.7. The maximum atomic E-state index is 14.6. The van der Waals surface area contributed by atoms with Gasteiger partial charge in [-0.2, -0.15) is 87.8 Å². The van der Waals surface area contributed by atoms with Gasteiger partial charge >= 0.3 is 65.6 Å². The summed E-state index contributed by atoms with van der Waals surface area (Å²) in [7, 11) is 0. The lowest BCUT2D eigenvalue weighted by molar-refractivity contribution is -0.491. The van der Waals surface area contributed by atoms with Gasteiger partial charge < -0.3 is 4.74 Å². The Balaban J connectivity index is 7.89. The highest BCUT2D eigenvalue weighted by Gasteiger charge is 3.00. The lowest BCUT2D eigenvalue weighted by atomic mass is 9.82. The Labute approximate surface area is 188 Å². The van der Waals surface area contributed by atoms with Crippen molar-refractivity contribution < 1.29 is 102 Å². The molecule has 0 aromatic carbocycles. The van der Waals surface area contributed by atoms with Crippen molar-refractivity contribution in [3.63, 3.8) is 0 Å². The van der Waals surface area contributed by atoms with Gasteiger partial charge in [-0.1, -0.05) is 6.58 Å². The highest BCUT2D eigenvalue weighted by molar-refractivity contribution is 5.87. The van der Waals surface area contributed by atoms with Crippen molar-refractivity contribution in [3.8, 4) is 0 Å². The second kappa shape index (κ2) is 8.63. The Kier molecular flexibility index (Phi) is 8.10. The van der Waals surface area contributed by atoms with Crippen LogP contribution in [0.3, 0.4) is 0 Å². The first-order chi connectivity index (χ1) is 15.6. The summed E-state index contributed by atoms with van der Waals surface area (Å²) in [4.78, 5) is 11.1. The molecule has 0 aliphatic heterocycles. The topological polar surface area (TPSA) is 26.3 Å². The third-order valence-corrected chi connectivity index (χ3v) is 4.14. The summed E-state index contributed by atoms with van der Waals surface area (Å²) in [5, 5.41) is 0. The SMILES string of the molecule is C=C(C)C(=O)OC(F)(C(F)(F)C(F)(F)C(F)(F)C(F)(F)F)C(F)(F)C(F)(F)C(F)(C(F)(F)F)C(F)(F)F. The van der Waals surface area contributed by atoms with E-state index >= 15 is 0 Å². The van der Waals surface area contributed by atoms with Crippen LogP contribution in [-0.2, 0) is 9.53 Å². The average Bonchev–Trinajstić information content (AvgIpc) is 2.63. The van der Waals surface area contributed by atoms with E-state index in [0.29, 0.717) is 0 Å². The molecule has 1 unspecified atom stereocenters. The Bertz CT molecular complexity index is 876. The normalized spacial score (nSPS) is 17.4. The maximum absolute atomic E-state index is 14.6. The van der Waals surface area contributed by atoms with Crippen LogP contribution in [0, 0.1) is 0 Å². The smallest absolute Gasteiger partial charge is 0.413 e. The minimum absolute atomic E-state index is 0.0372. The monoisotopic (exact) mass is 604 g/mol. The molecule has 0 rings (SSSR count). The molecule has 0 N–H and O–H groups in total. The zero-order valence-corrected chi connectivity index (χ0v) is 16.5. The van der Waals surface area contributed by atoms with Crippen molar-refractivity contribution in [1.29, 1.82) is 0 Å². The van der Waals surface area contributed by atoms with E-state index < -0.39 is 71.2 Å². The van der Waals surface area contributed by atoms with Crippen LogP contribution in [0.4, 0.5) is 92.2 Å². The molecule has 2 nitrogen and oxygen atoms in total. The Morgan fingerprint density at radius 3 is 1.03 bits per heavy atom. The maximum Gasteiger partial charge on any atom is 0.460 e. The summed E-state index contributed by atoms with van der Waals surface area (Å²) in [6, 6.07) is 0. The van der Waals surface area contributed by atoms with E-state index in [-0.39, 0.29) is 6.92 Å². The molecule has 37 heavy (non-hydrogen) atoms. The molecule has 23 heteroatoms. The molecule has 0 heterocycles. The zero-order chi connectivity index (χ0) is 30.9. The van der Waals surface area contributed by atoms with Gasteiger partial charge in [0, 0.05) is 5.57 Å². The zero-order valence-electron chi connectivity index (χ0n) is 16.5. The van der Waals surface area contributed by atoms with E-state index in [4.69, 9.17) is 0 Å². The van der Waals surface area contributed by atoms with Crippen LogP contribution < -0.4 is 0 Å². The molecular weight excluding hydrogens is 599 g/mol. The van der Waals surface area contributed by atoms with Gasteiger partial charge in [-0.25, -0.2) is 9.18 Å². The molecule has 0 saturated carbocycles. The fraction of sp³-hybridized carbons (Fsp3) is 0.786. The molecule has 0 saturated heterocycles. The summed E-state index contributed by atoms with van der Waals surface area (Å²) in [5.74, 6) is -57.0. The summed E-state index contributed by atoms with van der Waals surface area (Å²) in [5.41, 5.74) is -10.8. The minimum Gasteiger partial charge on any atom is -0.413 e. The van der Waals surface area contributed by atoms with Crippen molar-refractivity contribution in [3.05, 3.63) is 12.2 Å². The summed E-state index contributed by atoms with van der Waals surface area (Å²) in [6.45, 7) is 2.14. The molecule has 0 aliphatic carbocycles. The van der Waals surface area contributed by atoms with Gasteiger partial charge in [-0.15, -0.1) is 0 Å². The molecule has 0 spiro atoms. The molecular formula is C14H5F21O2. The van der Waals surface area contributed by atoms with E-state index in [0.717, 1.165) is 0 Å². The Hall–Kier alpha value is -2.26. The van der Waals surface area contributed by atoms with Crippen LogP contribution >= 0.6 is 0 Å². The predicted octanol–water partition coefficient (Wildman–Crippen LogP) is 7.34. The second-order valence-corrected chi connectivity index (χ2v) is 6.79. The number of carbonyl (C=O) groups is 1. The van der Waals surface area contributed by atoms with Gasteiger partial charge in [-0.05, 0) is 6.92 Å². The number of esters is 1. The lowest BCUT2D eigenvalue weighted by Gasteiger charge is -2.47.